The summed E-state index contributed by atoms with van der Waals surface area (Å²) in [5, 5.41) is 8.59. The van der Waals surface area contributed by atoms with Crippen molar-refractivity contribution >= 4 is 6.09 Å². The maximum atomic E-state index is 10.4. The van der Waals surface area contributed by atoms with E-state index in [2.05, 4.69) is 11.9 Å². The van der Waals surface area contributed by atoms with Crippen LogP contribution in [-0.2, 0) is 0 Å². The van der Waals surface area contributed by atoms with Crippen molar-refractivity contribution in [1.29, 1.82) is 0 Å². The maximum Gasteiger partial charge on any atom is 0.407 e. The monoisotopic (exact) mass is 170 g/mol. The van der Waals surface area contributed by atoms with Gasteiger partial charge in [0.1, 0.15) is 0 Å². The smallest absolute Gasteiger partial charge is 0.407 e. The fourth-order valence-electron chi connectivity index (χ4n) is 1.65. The van der Waals surface area contributed by atoms with Gasteiger partial charge in [0.25, 0.3) is 0 Å². The van der Waals surface area contributed by atoms with Crippen molar-refractivity contribution in [3.8, 4) is 0 Å². The van der Waals surface area contributed by atoms with E-state index < -0.39 is 6.09 Å². The average molecular weight is 170 g/mol. The van der Waals surface area contributed by atoms with Gasteiger partial charge < -0.3 is 10.0 Å². The Labute approximate surface area is 71.8 Å². The second kappa shape index (κ2) is 2.62. The number of carbonyl (C=O) groups is 1. The van der Waals surface area contributed by atoms with Gasteiger partial charge in [-0.05, 0) is 19.9 Å². The molecule has 1 aliphatic heterocycles. The summed E-state index contributed by atoms with van der Waals surface area (Å²) >= 11 is 0. The zero-order valence-electron chi connectivity index (χ0n) is 7.23. The second-order valence-corrected chi connectivity index (χ2v) is 3.74. The lowest BCUT2D eigenvalue weighted by Gasteiger charge is -2.42. The summed E-state index contributed by atoms with van der Waals surface area (Å²) in [6.07, 6.45) is 1.80. The van der Waals surface area contributed by atoms with Crippen LogP contribution in [0.2, 0.25) is 0 Å². The first-order valence-corrected chi connectivity index (χ1v) is 4.38. The van der Waals surface area contributed by atoms with E-state index in [1.807, 2.05) is 0 Å². The van der Waals surface area contributed by atoms with Crippen LogP contribution in [0.15, 0.2) is 0 Å². The van der Waals surface area contributed by atoms with Crippen LogP contribution in [-0.4, -0.2) is 53.2 Å². The lowest BCUT2D eigenvalue weighted by atomic mass is 10.1. The van der Waals surface area contributed by atoms with Crippen LogP contribution in [0.3, 0.4) is 0 Å². The molecule has 0 atom stereocenters. The van der Waals surface area contributed by atoms with Gasteiger partial charge in [-0.15, -0.1) is 0 Å². The third kappa shape index (κ3) is 1.27. The minimum absolute atomic E-state index is 0.480. The normalized spacial score (nSPS) is 24.3. The fraction of sp³-hybridized carbons (Fsp3) is 0.875. The molecular formula is C8H14N2O2. The molecule has 1 amide bonds. The first-order valence-electron chi connectivity index (χ1n) is 4.38. The summed E-state index contributed by atoms with van der Waals surface area (Å²) in [5.74, 6) is 0. The van der Waals surface area contributed by atoms with Crippen molar-refractivity contribution in [2.45, 2.75) is 24.9 Å². The third-order valence-electron chi connectivity index (χ3n) is 2.83. The predicted molar refractivity (Wildman–Crippen MR) is 44.2 cm³/mol. The molecule has 0 aromatic heterocycles. The highest BCUT2D eigenvalue weighted by Crippen LogP contribution is 2.29. The molecule has 0 aromatic carbocycles. The number of hydrogen-bond acceptors (Lipinski definition) is 2. The highest BCUT2D eigenvalue weighted by atomic mass is 16.4. The Kier molecular flexibility index (Phi) is 1.72. The molecule has 1 N–H and O–H groups in total. The Balaban J connectivity index is 1.76. The molecular weight excluding hydrogens is 156 g/mol. The number of amides is 1. The lowest BCUT2D eigenvalue weighted by molar-refractivity contribution is 0.0456. The van der Waals surface area contributed by atoms with Crippen LogP contribution in [0.4, 0.5) is 4.79 Å². The van der Waals surface area contributed by atoms with Crippen molar-refractivity contribution in [2.24, 2.45) is 0 Å². The van der Waals surface area contributed by atoms with Gasteiger partial charge >= 0.3 is 6.09 Å². The molecule has 4 heteroatoms. The number of likely N-dealkylation sites (tertiary alicyclic amines) is 1. The summed E-state index contributed by atoms with van der Waals surface area (Å²) in [4.78, 5) is 14.2. The standard InChI is InChI=1S/C8H14N2O2/c1-9(6-2-3-6)7-4-10(5-7)8(11)12/h6-7H,2-5H2,1H3,(H,11,12). The van der Waals surface area contributed by atoms with Crippen molar-refractivity contribution < 1.29 is 9.90 Å². The van der Waals surface area contributed by atoms with E-state index in [4.69, 9.17) is 5.11 Å². The highest BCUT2D eigenvalue weighted by Gasteiger charge is 2.38. The van der Waals surface area contributed by atoms with Gasteiger partial charge in [-0.25, -0.2) is 4.79 Å². The summed E-state index contributed by atoms with van der Waals surface area (Å²) in [6.45, 7) is 1.39. The highest BCUT2D eigenvalue weighted by molar-refractivity contribution is 5.66. The molecule has 4 nitrogen and oxygen atoms in total. The molecule has 1 saturated heterocycles. The Morgan fingerprint density at radius 3 is 2.42 bits per heavy atom. The molecule has 0 spiro atoms. The third-order valence-corrected chi connectivity index (χ3v) is 2.83. The number of carboxylic acid groups (broad SMARTS) is 1. The van der Waals surface area contributed by atoms with Crippen molar-refractivity contribution in [3.05, 3.63) is 0 Å². The molecule has 2 fully saturated rings. The van der Waals surface area contributed by atoms with Crippen LogP contribution < -0.4 is 0 Å². The largest absolute Gasteiger partial charge is 0.465 e. The van der Waals surface area contributed by atoms with Crippen LogP contribution in [0.25, 0.3) is 0 Å². The van der Waals surface area contributed by atoms with E-state index in [1.165, 1.54) is 17.7 Å². The van der Waals surface area contributed by atoms with E-state index in [0.29, 0.717) is 19.1 Å². The SMILES string of the molecule is CN(C1CC1)C1CN(C(=O)O)C1. The zero-order valence-corrected chi connectivity index (χ0v) is 7.23. The molecule has 0 radical (unpaired) electrons. The predicted octanol–water partition coefficient (Wildman–Crippen LogP) is 0.443. The average Bonchev–Trinajstić information content (AvgIpc) is 2.62. The summed E-state index contributed by atoms with van der Waals surface area (Å²) in [6, 6.07) is 1.22. The molecule has 1 saturated carbocycles. The molecule has 0 aromatic rings. The first kappa shape index (κ1) is 7.86. The van der Waals surface area contributed by atoms with Crippen molar-refractivity contribution in [2.75, 3.05) is 20.1 Å². The van der Waals surface area contributed by atoms with Crippen molar-refractivity contribution in [1.82, 2.24) is 9.80 Å². The van der Waals surface area contributed by atoms with Gasteiger partial charge in [-0.3, -0.25) is 4.90 Å². The first-order chi connectivity index (χ1) is 5.68. The molecule has 12 heavy (non-hydrogen) atoms. The van der Waals surface area contributed by atoms with Crippen LogP contribution in [0, 0.1) is 0 Å². The number of rotatable bonds is 2. The summed E-state index contributed by atoms with van der Waals surface area (Å²) < 4.78 is 0. The van der Waals surface area contributed by atoms with Gasteiger partial charge in [0, 0.05) is 25.2 Å². The van der Waals surface area contributed by atoms with Crippen molar-refractivity contribution in [3.63, 3.8) is 0 Å². The number of likely N-dealkylation sites (N-methyl/N-ethyl adjacent to an activating group) is 1. The quantitative estimate of drug-likeness (QED) is 0.654. The van der Waals surface area contributed by atoms with Crippen LogP contribution in [0.5, 0.6) is 0 Å². The number of nitrogens with zero attached hydrogens (tertiary/aromatic N) is 2. The Bertz CT molecular complexity index is 197. The Hall–Kier alpha value is -0.770. The minimum atomic E-state index is -0.782. The van der Waals surface area contributed by atoms with Gasteiger partial charge in [-0.2, -0.15) is 0 Å². The van der Waals surface area contributed by atoms with Crippen LogP contribution in [0.1, 0.15) is 12.8 Å². The minimum Gasteiger partial charge on any atom is -0.465 e. The van der Waals surface area contributed by atoms with E-state index in [9.17, 15) is 4.79 Å². The molecule has 68 valence electrons. The van der Waals surface area contributed by atoms with Gasteiger partial charge in [0.2, 0.25) is 0 Å². The van der Waals surface area contributed by atoms with Crippen LogP contribution >= 0.6 is 0 Å². The molecule has 2 rings (SSSR count). The summed E-state index contributed by atoms with van der Waals surface area (Å²) in [7, 11) is 2.10. The number of hydrogen-bond donors (Lipinski definition) is 1. The van der Waals surface area contributed by atoms with Gasteiger partial charge in [-0.1, -0.05) is 0 Å². The van der Waals surface area contributed by atoms with E-state index in [-0.39, 0.29) is 0 Å². The molecule has 1 aliphatic carbocycles. The Morgan fingerprint density at radius 1 is 1.42 bits per heavy atom. The second-order valence-electron chi connectivity index (χ2n) is 3.74. The van der Waals surface area contributed by atoms with Gasteiger partial charge in [0.05, 0.1) is 0 Å². The molecule has 0 unspecified atom stereocenters. The molecule has 0 bridgehead atoms. The van der Waals surface area contributed by atoms with E-state index in [1.54, 1.807) is 0 Å². The molecule has 2 aliphatic rings. The Morgan fingerprint density at radius 2 is 2.00 bits per heavy atom. The maximum absolute atomic E-state index is 10.4. The lowest BCUT2D eigenvalue weighted by Crippen LogP contribution is -2.60. The van der Waals surface area contributed by atoms with E-state index in [0.717, 1.165) is 6.04 Å². The van der Waals surface area contributed by atoms with Gasteiger partial charge in [0.15, 0.2) is 0 Å². The molecule has 1 heterocycles. The topological polar surface area (TPSA) is 43.8 Å². The van der Waals surface area contributed by atoms with E-state index >= 15 is 0 Å². The summed E-state index contributed by atoms with van der Waals surface area (Å²) in [5.41, 5.74) is 0. The fourth-order valence-corrected chi connectivity index (χ4v) is 1.65. The zero-order chi connectivity index (χ0) is 8.72.